The summed E-state index contributed by atoms with van der Waals surface area (Å²) in [6.45, 7) is 4.84. The molecule has 0 aliphatic heterocycles. The van der Waals surface area contributed by atoms with E-state index >= 15 is 0 Å². The second kappa shape index (κ2) is 7.02. The van der Waals surface area contributed by atoms with Crippen molar-refractivity contribution in [2.45, 2.75) is 36.9 Å². The van der Waals surface area contributed by atoms with Crippen LogP contribution in [-0.4, -0.2) is 23.1 Å². The first-order chi connectivity index (χ1) is 11.1. The SMILES string of the molecule is Cc1ccc(S(=O)(=O)OC(C)OS(=O)(=O)c2ccc(C)cc2)cc1. The van der Waals surface area contributed by atoms with Crippen LogP contribution in [0, 0.1) is 13.8 Å². The summed E-state index contributed by atoms with van der Waals surface area (Å²) in [5.74, 6) is 0. The van der Waals surface area contributed by atoms with Crippen LogP contribution >= 0.6 is 0 Å². The minimum Gasteiger partial charge on any atom is -0.233 e. The normalized spacial score (nSPS) is 12.5. The molecule has 0 aromatic heterocycles. The average molecular weight is 370 g/mol. The van der Waals surface area contributed by atoms with Crippen LogP contribution in [0.2, 0.25) is 0 Å². The van der Waals surface area contributed by atoms with E-state index in [1.807, 2.05) is 13.8 Å². The van der Waals surface area contributed by atoms with Crippen LogP contribution in [0.15, 0.2) is 58.3 Å². The van der Waals surface area contributed by atoms with Crippen LogP contribution in [0.25, 0.3) is 0 Å². The molecular weight excluding hydrogens is 352 g/mol. The van der Waals surface area contributed by atoms with Crippen molar-refractivity contribution in [3.63, 3.8) is 0 Å². The summed E-state index contributed by atoms with van der Waals surface area (Å²) in [5, 5.41) is 0. The summed E-state index contributed by atoms with van der Waals surface area (Å²) in [7, 11) is -8.25. The molecule has 2 aromatic carbocycles. The number of hydrogen-bond acceptors (Lipinski definition) is 6. The summed E-state index contributed by atoms with van der Waals surface area (Å²) in [5.41, 5.74) is 1.78. The van der Waals surface area contributed by atoms with E-state index < -0.39 is 26.5 Å². The van der Waals surface area contributed by atoms with Gasteiger partial charge in [0, 0.05) is 0 Å². The Morgan fingerprint density at radius 1 is 0.667 bits per heavy atom. The Kier molecular flexibility index (Phi) is 5.44. The van der Waals surface area contributed by atoms with Crippen molar-refractivity contribution in [1.29, 1.82) is 0 Å². The molecule has 0 amide bonds. The van der Waals surface area contributed by atoms with Gasteiger partial charge in [-0.1, -0.05) is 35.4 Å². The molecule has 0 fully saturated rings. The fraction of sp³-hybridized carbons (Fsp3) is 0.250. The molecule has 0 heterocycles. The van der Waals surface area contributed by atoms with Gasteiger partial charge in [-0.2, -0.15) is 16.8 Å². The Labute approximate surface area is 142 Å². The lowest BCUT2D eigenvalue weighted by atomic mass is 10.2. The molecule has 24 heavy (non-hydrogen) atoms. The van der Waals surface area contributed by atoms with Gasteiger partial charge in [0.25, 0.3) is 20.2 Å². The zero-order valence-corrected chi connectivity index (χ0v) is 15.1. The highest BCUT2D eigenvalue weighted by atomic mass is 32.2. The molecule has 2 aromatic rings. The van der Waals surface area contributed by atoms with Gasteiger partial charge in [0.2, 0.25) is 0 Å². The third kappa shape index (κ3) is 4.64. The van der Waals surface area contributed by atoms with E-state index in [1.54, 1.807) is 24.3 Å². The molecule has 0 spiro atoms. The quantitative estimate of drug-likeness (QED) is 0.574. The van der Waals surface area contributed by atoms with E-state index in [9.17, 15) is 16.8 Å². The molecule has 0 bridgehead atoms. The van der Waals surface area contributed by atoms with E-state index in [0.717, 1.165) is 11.1 Å². The molecule has 0 radical (unpaired) electrons. The van der Waals surface area contributed by atoms with Crippen LogP contribution in [0.5, 0.6) is 0 Å². The highest BCUT2D eigenvalue weighted by molar-refractivity contribution is 7.87. The minimum atomic E-state index is -4.13. The average Bonchev–Trinajstić information content (AvgIpc) is 2.46. The van der Waals surface area contributed by atoms with Crippen LogP contribution < -0.4 is 0 Å². The molecular formula is C16H18O6S2. The highest BCUT2D eigenvalue weighted by Gasteiger charge is 2.25. The van der Waals surface area contributed by atoms with Crippen molar-refractivity contribution < 1.29 is 25.2 Å². The fourth-order valence-electron chi connectivity index (χ4n) is 1.89. The molecule has 0 saturated carbocycles. The third-order valence-electron chi connectivity index (χ3n) is 3.14. The second-order valence-corrected chi connectivity index (χ2v) is 8.44. The summed E-state index contributed by atoms with van der Waals surface area (Å²) >= 11 is 0. The zero-order chi connectivity index (χ0) is 18.0. The van der Waals surface area contributed by atoms with Crippen molar-refractivity contribution in [1.82, 2.24) is 0 Å². The summed E-state index contributed by atoms with van der Waals surface area (Å²) in [6.07, 6.45) is -1.50. The Balaban J connectivity index is 2.13. The van der Waals surface area contributed by atoms with Crippen LogP contribution in [0.4, 0.5) is 0 Å². The van der Waals surface area contributed by atoms with E-state index in [0.29, 0.717) is 0 Å². The first-order valence-corrected chi connectivity index (χ1v) is 9.92. The number of benzene rings is 2. The Bertz CT molecular complexity index is 821. The molecule has 2 rings (SSSR count). The molecule has 0 aliphatic carbocycles. The lowest BCUT2D eigenvalue weighted by molar-refractivity contribution is 0.0343. The minimum absolute atomic E-state index is 0.0729. The maximum atomic E-state index is 12.1. The summed E-state index contributed by atoms with van der Waals surface area (Å²) < 4.78 is 58.1. The topological polar surface area (TPSA) is 86.7 Å². The second-order valence-electron chi connectivity index (χ2n) is 5.29. The van der Waals surface area contributed by atoms with Gasteiger partial charge in [-0.05, 0) is 45.0 Å². The van der Waals surface area contributed by atoms with Gasteiger partial charge in [0.05, 0.1) is 9.79 Å². The molecule has 0 atom stereocenters. The third-order valence-corrected chi connectivity index (χ3v) is 5.89. The Hall–Kier alpha value is -1.74. The van der Waals surface area contributed by atoms with Crippen molar-refractivity contribution in [3.8, 4) is 0 Å². The molecule has 130 valence electrons. The van der Waals surface area contributed by atoms with Gasteiger partial charge in [0.1, 0.15) is 0 Å². The molecule has 8 heteroatoms. The van der Waals surface area contributed by atoms with Crippen LogP contribution in [0.3, 0.4) is 0 Å². The largest absolute Gasteiger partial charge is 0.299 e. The van der Waals surface area contributed by atoms with E-state index in [2.05, 4.69) is 0 Å². The monoisotopic (exact) mass is 370 g/mol. The van der Waals surface area contributed by atoms with Crippen LogP contribution in [0.1, 0.15) is 18.1 Å². The lowest BCUT2D eigenvalue weighted by Gasteiger charge is -2.14. The van der Waals surface area contributed by atoms with E-state index in [1.165, 1.54) is 31.2 Å². The molecule has 6 nitrogen and oxygen atoms in total. The Morgan fingerprint density at radius 3 is 1.25 bits per heavy atom. The van der Waals surface area contributed by atoms with Gasteiger partial charge in [-0.25, -0.2) is 8.37 Å². The molecule has 0 aliphatic rings. The number of aryl methyl sites for hydroxylation is 2. The standard InChI is InChI=1S/C16H18O6S2/c1-12-4-8-15(9-5-12)23(17,18)21-14(3)22-24(19,20)16-10-6-13(2)7-11-16/h4-11,14H,1-3H3. The van der Waals surface area contributed by atoms with Gasteiger partial charge in [-0.15, -0.1) is 0 Å². The highest BCUT2D eigenvalue weighted by Crippen LogP contribution is 2.19. The smallest absolute Gasteiger partial charge is 0.233 e. The van der Waals surface area contributed by atoms with Gasteiger partial charge in [-0.3, -0.25) is 0 Å². The van der Waals surface area contributed by atoms with Crippen molar-refractivity contribution >= 4 is 20.2 Å². The van der Waals surface area contributed by atoms with Crippen molar-refractivity contribution in [2.75, 3.05) is 0 Å². The van der Waals surface area contributed by atoms with Crippen molar-refractivity contribution in [3.05, 3.63) is 59.7 Å². The van der Waals surface area contributed by atoms with Crippen molar-refractivity contribution in [2.24, 2.45) is 0 Å². The van der Waals surface area contributed by atoms with Gasteiger partial charge >= 0.3 is 0 Å². The first kappa shape index (κ1) is 18.6. The molecule has 0 unspecified atom stereocenters. The van der Waals surface area contributed by atoms with Crippen LogP contribution in [-0.2, 0) is 28.6 Å². The number of rotatable bonds is 6. The lowest BCUT2D eigenvalue weighted by Crippen LogP contribution is -2.22. The summed E-state index contributed by atoms with van der Waals surface area (Å²) in [6, 6.07) is 12.0. The maximum absolute atomic E-state index is 12.1. The maximum Gasteiger partial charge on any atom is 0.299 e. The molecule has 0 N–H and O–H groups in total. The Morgan fingerprint density at radius 2 is 0.958 bits per heavy atom. The zero-order valence-electron chi connectivity index (χ0n) is 13.5. The van der Waals surface area contributed by atoms with E-state index in [4.69, 9.17) is 8.37 Å². The predicted molar refractivity (Wildman–Crippen MR) is 88.4 cm³/mol. The van der Waals surface area contributed by atoms with E-state index in [-0.39, 0.29) is 9.79 Å². The molecule has 0 saturated heterocycles. The summed E-state index contributed by atoms with van der Waals surface area (Å²) in [4.78, 5) is -0.146. The van der Waals surface area contributed by atoms with Gasteiger partial charge < -0.3 is 0 Å². The predicted octanol–water partition coefficient (Wildman–Crippen LogP) is 2.76. The fourth-order valence-corrected chi connectivity index (χ4v) is 3.90. The van der Waals surface area contributed by atoms with Gasteiger partial charge in [0.15, 0.2) is 6.29 Å². The first-order valence-electron chi connectivity index (χ1n) is 7.10. The number of hydrogen-bond donors (Lipinski definition) is 0.